The molecule has 0 aliphatic heterocycles. The van der Waals surface area contributed by atoms with Gasteiger partial charge in [-0.2, -0.15) is 5.10 Å². The van der Waals surface area contributed by atoms with Gasteiger partial charge in [0, 0.05) is 29.1 Å². The van der Waals surface area contributed by atoms with E-state index in [1.165, 1.54) is 4.88 Å². The van der Waals surface area contributed by atoms with E-state index >= 15 is 0 Å². The lowest BCUT2D eigenvalue weighted by atomic mass is 9.75. The molecule has 0 saturated heterocycles. The molecule has 6 heteroatoms. The SMILES string of the molecule is CCCc1cc(C(=O)N[C@@H](c2cnn(C)c2)C2CC(O)C2)cs1. The average molecular weight is 333 g/mol. The van der Waals surface area contributed by atoms with Crippen LogP contribution in [-0.4, -0.2) is 26.9 Å². The van der Waals surface area contributed by atoms with Gasteiger partial charge in [0.25, 0.3) is 5.91 Å². The summed E-state index contributed by atoms with van der Waals surface area (Å²) in [5.74, 6) is 0.228. The van der Waals surface area contributed by atoms with Gasteiger partial charge >= 0.3 is 0 Å². The van der Waals surface area contributed by atoms with Crippen molar-refractivity contribution in [2.75, 3.05) is 0 Å². The summed E-state index contributed by atoms with van der Waals surface area (Å²) in [5, 5.41) is 18.9. The molecule has 1 amide bonds. The molecule has 2 aromatic rings. The zero-order valence-corrected chi connectivity index (χ0v) is 14.3. The molecule has 0 spiro atoms. The highest BCUT2D eigenvalue weighted by Gasteiger charge is 2.36. The molecular weight excluding hydrogens is 310 g/mol. The summed E-state index contributed by atoms with van der Waals surface area (Å²) in [5.41, 5.74) is 1.73. The molecule has 5 nitrogen and oxygen atoms in total. The number of aliphatic hydroxyl groups is 1. The second-order valence-electron chi connectivity index (χ2n) is 6.34. The molecule has 1 fully saturated rings. The molecule has 0 aromatic carbocycles. The molecule has 1 atom stereocenters. The first kappa shape index (κ1) is 16.2. The van der Waals surface area contributed by atoms with Crippen LogP contribution in [0.15, 0.2) is 23.8 Å². The lowest BCUT2D eigenvalue weighted by Gasteiger charge is -2.37. The zero-order chi connectivity index (χ0) is 16.4. The predicted octanol–water partition coefficient (Wildman–Crippen LogP) is 2.68. The Kier molecular flexibility index (Phi) is 4.82. The van der Waals surface area contributed by atoms with E-state index in [0.717, 1.165) is 36.8 Å². The van der Waals surface area contributed by atoms with Crippen LogP contribution in [0.2, 0.25) is 0 Å². The summed E-state index contributed by atoms with van der Waals surface area (Å²) in [6.45, 7) is 2.14. The number of hydrogen-bond acceptors (Lipinski definition) is 4. The first-order valence-electron chi connectivity index (χ1n) is 8.11. The molecule has 3 rings (SSSR count). The van der Waals surface area contributed by atoms with Gasteiger partial charge in [-0.25, -0.2) is 0 Å². The first-order valence-corrected chi connectivity index (χ1v) is 8.99. The van der Waals surface area contributed by atoms with E-state index in [9.17, 15) is 9.90 Å². The summed E-state index contributed by atoms with van der Waals surface area (Å²) in [7, 11) is 1.87. The van der Waals surface area contributed by atoms with Gasteiger partial charge in [0.15, 0.2) is 0 Å². The number of carbonyl (C=O) groups excluding carboxylic acids is 1. The number of thiophene rings is 1. The van der Waals surface area contributed by atoms with Crippen molar-refractivity contribution in [2.24, 2.45) is 13.0 Å². The van der Waals surface area contributed by atoms with Gasteiger partial charge in [-0.05, 0) is 31.2 Å². The second kappa shape index (κ2) is 6.84. The van der Waals surface area contributed by atoms with Crippen molar-refractivity contribution in [1.29, 1.82) is 0 Å². The molecule has 2 heterocycles. The molecule has 2 aromatic heterocycles. The van der Waals surface area contributed by atoms with Crippen molar-refractivity contribution >= 4 is 17.2 Å². The molecule has 0 radical (unpaired) electrons. The van der Waals surface area contributed by atoms with E-state index in [4.69, 9.17) is 0 Å². The molecule has 1 aliphatic carbocycles. The van der Waals surface area contributed by atoms with Gasteiger partial charge in [-0.15, -0.1) is 11.3 Å². The maximum absolute atomic E-state index is 12.6. The van der Waals surface area contributed by atoms with E-state index in [1.54, 1.807) is 22.2 Å². The standard InChI is InChI=1S/C17H23N3O2S/c1-3-4-15-7-12(10-23-15)17(22)19-16(11-5-14(21)6-11)13-8-18-20(2)9-13/h7-11,14,16,21H,3-6H2,1-2H3,(H,19,22)/t11?,14?,16-/m1/s1. The number of hydrogen-bond donors (Lipinski definition) is 2. The van der Waals surface area contributed by atoms with Crippen LogP contribution >= 0.6 is 11.3 Å². The maximum Gasteiger partial charge on any atom is 0.252 e. The van der Waals surface area contributed by atoms with Gasteiger partial charge in [-0.1, -0.05) is 13.3 Å². The quantitative estimate of drug-likeness (QED) is 0.854. The fraction of sp³-hybridized carbons (Fsp3) is 0.529. The van der Waals surface area contributed by atoms with Crippen LogP contribution in [0, 0.1) is 5.92 Å². The largest absolute Gasteiger partial charge is 0.393 e. The van der Waals surface area contributed by atoms with Gasteiger partial charge in [0.1, 0.15) is 0 Å². The fourth-order valence-corrected chi connectivity index (χ4v) is 4.05. The van der Waals surface area contributed by atoms with Gasteiger partial charge in [0.05, 0.1) is 23.9 Å². The normalized spacial score (nSPS) is 21.7. The highest BCUT2D eigenvalue weighted by Crippen LogP contribution is 2.38. The van der Waals surface area contributed by atoms with E-state index in [1.807, 2.05) is 24.7 Å². The molecule has 2 N–H and O–H groups in total. The fourth-order valence-electron chi connectivity index (χ4n) is 3.08. The molecule has 124 valence electrons. The van der Waals surface area contributed by atoms with E-state index in [-0.39, 0.29) is 24.0 Å². The van der Waals surface area contributed by atoms with Crippen LogP contribution in [0.4, 0.5) is 0 Å². The summed E-state index contributed by atoms with van der Waals surface area (Å²) in [6, 6.07) is 1.90. The number of aryl methyl sites for hydroxylation is 2. The molecule has 1 saturated carbocycles. The highest BCUT2D eigenvalue weighted by molar-refractivity contribution is 7.10. The van der Waals surface area contributed by atoms with Crippen molar-refractivity contribution in [3.8, 4) is 0 Å². The van der Waals surface area contributed by atoms with Crippen LogP contribution in [0.25, 0.3) is 0 Å². The van der Waals surface area contributed by atoms with Crippen LogP contribution in [0.1, 0.15) is 53.0 Å². The Morgan fingerprint density at radius 2 is 2.35 bits per heavy atom. The molecular formula is C17H23N3O2S. The van der Waals surface area contributed by atoms with Crippen molar-refractivity contribution in [2.45, 2.75) is 44.8 Å². The number of rotatable bonds is 6. The van der Waals surface area contributed by atoms with E-state index in [2.05, 4.69) is 17.3 Å². The Balaban J connectivity index is 1.73. The average Bonchev–Trinajstić information content (AvgIpc) is 3.11. The number of aromatic nitrogens is 2. The molecule has 0 unspecified atom stereocenters. The summed E-state index contributed by atoms with van der Waals surface area (Å²) >= 11 is 1.64. The third kappa shape index (κ3) is 3.64. The van der Waals surface area contributed by atoms with Gasteiger partial charge in [0.2, 0.25) is 0 Å². The Morgan fingerprint density at radius 3 is 2.96 bits per heavy atom. The molecule has 1 aliphatic rings. The predicted molar refractivity (Wildman–Crippen MR) is 90.5 cm³/mol. The second-order valence-corrected chi connectivity index (χ2v) is 7.33. The maximum atomic E-state index is 12.6. The van der Waals surface area contributed by atoms with Crippen molar-refractivity contribution in [1.82, 2.24) is 15.1 Å². The zero-order valence-electron chi connectivity index (χ0n) is 13.5. The Bertz CT molecular complexity index is 673. The monoisotopic (exact) mass is 333 g/mol. The number of nitrogens with one attached hydrogen (secondary N) is 1. The summed E-state index contributed by atoms with van der Waals surface area (Å²) in [6.07, 6.45) is 7.04. The number of carbonyl (C=O) groups is 1. The topological polar surface area (TPSA) is 67.2 Å². The van der Waals surface area contributed by atoms with Crippen molar-refractivity contribution in [3.05, 3.63) is 39.8 Å². The van der Waals surface area contributed by atoms with Gasteiger partial charge < -0.3 is 10.4 Å². The number of aliphatic hydroxyl groups excluding tert-OH is 1. The Morgan fingerprint density at radius 1 is 1.57 bits per heavy atom. The van der Waals surface area contributed by atoms with Crippen LogP contribution in [0.5, 0.6) is 0 Å². The number of amides is 1. The minimum Gasteiger partial charge on any atom is -0.393 e. The Labute approximate surface area is 140 Å². The summed E-state index contributed by atoms with van der Waals surface area (Å²) in [4.78, 5) is 13.8. The minimum absolute atomic E-state index is 0.0427. The Hall–Kier alpha value is -1.66. The van der Waals surface area contributed by atoms with Crippen LogP contribution < -0.4 is 5.32 Å². The smallest absolute Gasteiger partial charge is 0.252 e. The molecule has 23 heavy (non-hydrogen) atoms. The molecule has 0 bridgehead atoms. The third-order valence-corrected chi connectivity index (χ3v) is 5.40. The third-order valence-electron chi connectivity index (χ3n) is 4.40. The van der Waals surface area contributed by atoms with Gasteiger partial charge in [-0.3, -0.25) is 9.48 Å². The summed E-state index contributed by atoms with van der Waals surface area (Å²) < 4.78 is 1.74. The lowest BCUT2D eigenvalue weighted by molar-refractivity contribution is 0.0235. The van der Waals surface area contributed by atoms with E-state index in [0.29, 0.717) is 0 Å². The highest BCUT2D eigenvalue weighted by atomic mass is 32.1. The van der Waals surface area contributed by atoms with Crippen molar-refractivity contribution in [3.63, 3.8) is 0 Å². The van der Waals surface area contributed by atoms with Crippen LogP contribution in [0.3, 0.4) is 0 Å². The van der Waals surface area contributed by atoms with E-state index < -0.39 is 0 Å². The van der Waals surface area contributed by atoms with Crippen molar-refractivity contribution < 1.29 is 9.90 Å². The number of nitrogens with zero attached hydrogens (tertiary/aromatic N) is 2. The first-order chi connectivity index (χ1) is 11.1. The lowest BCUT2D eigenvalue weighted by Crippen LogP contribution is -2.41. The minimum atomic E-state index is -0.242. The van der Waals surface area contributed by atoms with Crippen LogP contribution in [-0.2, 0) is 13.5 Å².